The first kappa shape index (κ1) is 33.9. The van der Waals surface area contributed by atoms with E-state index in [0.717, 1.165) is 52.9 Å². The third-order valence-corrected chi connectivity index (χ3v) is 9.91. The summed E-state index contributed by atoms with van der Waals surface area (Å²) in [5, 5.41) is 7.37. The van der Waals surface area contributed by atoms with Crippen molar-refractivity contribution >= 4 is 21.8 Å². The van der Waals surface area contributed by atoms with Crippen LogP contribution in [0.4, 0.5) is 0 Å². The van der Waals surface area contributed by atoms with Crippen LogP contribution in [0.1, 0.15) is 93.8 Å². The van der Waals surface area contributed by atoms with Gasteiger partial charge in [-0.15, -0.1) is 41.3 Å². The largest absolute Gasteiger partial charge is 2.00 e. The number of aryl methyl sites for hydroxylation is 2. The zero-order chi connectivity index (χ0) is 32.8. The van der Waals surface area contributed by atoms with Gasteiger partial charge in [0.25, 0.3) is 0 Å². The molecule has 48 heavy (non-hydrogen) atoms. The van der Waals surface area contributed by atoms with Crippen molar-refractivity contribution in [1.29, 1.82) is 0 Å². The second-order valence-corrected chi connectivity index (χ2v) is 13.6. The molecule has 1 aliphatic carbocycles. The number of hydrogen-bond donors (Lipinski definition) is 0. The molecule has 3 aromatic carbocycles. The predicted molar refractivity (Wildman–Crippen MR) is 192 cm³/mol. The monoisotopic (exact) mass is 815 g/mol. The summed E-state index contributed by atoms with van der Waals surface area (Å²) in [6.07, 6.45) is 8.78. The van der Waals surface area contributed by atoms with Crippen LogP contribution in [0, 0.1) is 31.9 Å². The number of rotatable bonds is 8. The molecule has 3 aromatic heterocycles. The van der Waals surface area contributed by atoms with Crippen molar-refractivity contribution in [2.24, 2.45) is 5.92 Å². The fourth-order valence-electron chi connectivity index (χ4n) is 7.54. The molecule has 0 bridgehead atoms. The van der Waals surface area contributed by atoms with Gasteiger partial charge in [0.1, 0.15) is 5.82 Å². The summed E-state index contributed by atoms with van der Waals surface area (Å²) in [6.45, 7) is 15.6. The van der Waals surface area contributed by atoms with Crippen LogP contribution in [0.5, 0.6) is 11.5 Å². The molecular weight excluding hydrogens is 772 g/mol. The molecule has 0 fully saturated rings. The van der Waals surface area contributed by atoms with Crippen LogP contribution in [-0.2, 0) is 27.5 Å². The van der Waals surface area contributed by atoms with Gasteiger partial charge in [0, 0.05) is 40.4 Å². The minimum Gasteiger partial charge on any atom is -0.509 e. The molecule has 1 unspecified atom stereocenters. The van der Waals surface area contributed by atoms with E-state index in [4.69, 9.17) is 14.8 Å². The minimum atomic E-state index is 0. The molecule has 6 heteroatoms. The summed E-state index contributed by atoms with van der Waals surface area (Å²) < 4.78 is 10.9. The van der Waals surface area contributed by atoms with Crippen LogP contribution in [-0.4, -0.2) is 19.3 Å². The van der Waals surface area contributed by atoms with Crippen LogP contribution < -0.4 is 4.74 Å². The average Bonchev–Trinajstić information content (AvgIpc) is 3.54. The van der Waals surface area contributed by atoms with Crippen LogP contribution in [0.3, 0.4) is 0 Å². The summed E-state index contributed by atoms with van der Waals surface area (Å²) in [5.41, 5.74) is 10.5. The van der Waals surface area contributed by atoms with E-state index in [1.165, 1.54) is 39.8 Å². The Kier molecular flexibility index (Phi) is 9.81. The van der Waals surface area contributed by atoms with Gasteiger partial charge in [-0.25, -0.2) is 4.98 Å². The van der Waals surface area contributed by atoms with Crippen LogP contribution in [0.15, 0.2) is 78.5 Å². The van der Waals surface area contributed by atoms with E-state index in [-0.39, 0.29) is 21.1 Å². The number of fused-ring (bicyclic) bond motifs is 3. The number of pyridine rings is 1. The minimum absolute atomic E-state index is 0. The molecule has 7 rings (SSSR count). The Hall–Kier alpha value is -3.95. The third kappa shape index (κ3) is 6.18. The van der Waals surface area contributed by atoms with Gasteiger partial charge in [-0.05, 0) is 86.7 Å². The molecule has 2 atom stereocenters. The van der Waals surface area contributed by atoms with Crippen molar-refractivity contribution in [2.45, 2.75) is 86.0 Å². The Balaban J connectivity index is 0.00000401. The Morgan fingerprint density at radius 1 is 0.958 bits per heavy atom. The number of aromatic nitrogens is 4. The molecule has 5 nitrogen and oxygen atoms in total. The van der Waals surface area contributed by atoms with Crippen molar-refractivity contribution in [3.05, 3.63) is 119 Å². The second-order valence-electron chi connectivity index (χ2n) is 13.6. The maximum Gasteiger partial charge on any atom is 2.00 e. The summed E-state index contributed by atoms with van der Waals surface area (Å²) in [6, 6.07) is 28.4. The van der Waals surface area contributed by atoms with Gasteiger partial charge < -0.3 is 9.30 Å². The Morgan fingerprint density at radius 3 is 2.54 bits per heavy atom. The Labute approximate surface area is 299 Å². The molecule has 0 spiro atoms. The maximum absolute atomic E-state index is 6.62. The fraction of sp³-hybridized carbons (Fsp3) is 0.333. The topological polar surface area (TPSA) is 44.9 Å². The van der Waals surface area contributed by atoms with Gasteiger partial charge in [0.05, 0.1) is 5.69 Å². The molecular formula is C42H44N4OPt. The fourth-order valence-corrected chi connectivity index (χ4v) is 7.54. The van der Waals surface area contributed by atoms with Gasteiger partial charge in [0.2, 0.25) is 0 Å². The van der Waals surface area contributed by atoms with Gasteiger partial charge in [0.15, 0.2) is 0 Å². The smallest absolute Gasteiger partial charge is 0.509 e. The van der Waals surface area contributed by atoms with Crippen LogP contribution in [0.25, 0.3) is 33.3 Å². The van der Waals surface area contributed by atoms with E-state index in [9.17, 15) is 0 Å². The van der Waals surface area contributed by atoms with Crippen molar-refractivity contribution in [2.75, 3.05) is 0 Å². The normalized spacial score (nSPS) is 16.4. The number of ether oxygens (including phenoxy) is 1. The molecule has 0 aliphatic heterocycles. The van der Waals surface area contributed by atoms with Crippen LogP contribution in [0.2, 0.25) is 0 Å². The summed E-state index contributed by atoms with van der Waals surface area (Å²) in [7, 11) is 0. The van der Waals surface area contributed by atoms with Gasteiger partial charge in [-0.3, -0.25) is 4.68 Å². The first-order chi connectivity index (χ1) is 22.7. The summed E-state index contributed by atoms with van der Waals surface area (Å²) >= 11 is 0. The molecule has 0 saturated heterocycles. The van der Waals surface area contributed by atoms with E-state index in [1.807, 2.05) is 12.3 Å². The second kappa shape index (κ2) is 13.9. The first-order valence-corrected chi connectivity index (χ1v) is 17.1. The van der Waals surface area contributed by atoms with Crippen molar-refractivity contribution in [3.63, 3.8) is 0 Å². The van der Waals surface area contributed by atoms with Crippen LogP contribution >= 0.6 is 0 Å². The van der Waals surface area contributed by atoms with E-state index >= 15 is 0 Å². The van der Waals surface area contributed by atoms with Crippen molar-refractivity contribution < 1.29 is 25.8 Å². The number of nitrogens with zero attached hydrogens (tertiary/aromatic N) is 4. The van der Waals surface area contributed by atoms with Gasteiger partial charge >= 0.3 is 21.1 Å². The predicted octanol–water partition coefficient (Wildman–Crippen LogP) is 10.9. The molecule has 248 valence electrons. The molecule has 0 amide bonds. The zero-order valence-electron chi connectivity index (χ0n) is 29.0. The molecule has 1 aliphatic rings. The van der Waals surface area contributed by atoms with Crippen molar-refractivity contribution in [1.82, 2.24) is 19.3 Å². The Bertz CT molecular complexity index is 2140. The number of hydrogen-bond acceptors (Lipinski definition) is 3. The van der Waals surface area contributed by atoms with Gasteiger partial charge in [-0.2, -0.15) is 11.2 Å². The van der Waals surface area contributed by atoms with E-state index in [0.29, 0.717) is 29.3 Å². The van der Waals surface area contributed by atoms with E-state index in [2.05, 4.69) is 131 Å². The van der Waals surface area contributed by atoms with Crippen molar-refractivity contribution in [3.8, 4) is 23.0 Å². The molecule has 3 heterocycles. The number of benzene rings is 3. The van der Waals surface area contributed by atoms with Gasteiger partial charge in [-0.1, -0.05) is 69.5 Å². The maximum atomic E-state index is 6.62. The standard InChI is InChI=1S/C42H44N4O.Pt/c1-8-12-31-19-20-43-40(21-31)45-38-16-10-9-15-36(38)37-18-17-34(25-39(37)45)47-35-23-32(26(2)3)22-33(24-35)46-30(7)42(29(6)44-46)41-27(4)13-11-14-28(41)5;/h9-10,13,15-23,26,28,41H,8,11-12,14H2,1-7H3;/q-2;+2/t28-,41?;/m0./s1. The molecule has 0 saturated carbocycles. The SMILES string of the molecule is CCCc1ccnc(-n2c3[c-]c(Oc4[c-]c(-n5nc(C)c(C6C(C)=CCC[C@@H]6C)c5C)cc(C(C)C)c4)ccc3c3ccccc32)c1.[Pt+2]. The Morgan fingerprint density at radius 2 is 1.77 bits per heavy atom. The molecule has 0 radical (unpaired) electrons. The number of allylic oxidation sites excluding steroid dienone is 2. The zero-order valence-corrected chi connectivity index (χ0v) is 31.3. The quantitative estimate of drug-likeness (QED) is 0.114. The summed E-state index contributed by atoms with van der Waals surface area (Å²) in [4.78, 5) is 4.80. The summed E-state index contributed by atoms with van der Waals surface area (Å²) in [5.74, 6) is 3.48. The van der Waals surface area contributed by atoms with E-state index in [1.54, 1.807) is 0 Å². The molecule has 0 N–H and O–H groups in total. The average molecular weight is 816 g/mol. The number of para-hydroxylation sites is 1. The first-order valence-electron chi connectivity index (χ1n) is 17.1. The third-order valence-electron chi connectivity index (χ3n) is 9.91. The molecule has 6 aromatic rings. The van der Waals surface area contributed by atoms with E-state index < -0.39 is 0 Å².